The Morgan fingerprint density at radius 1 is 1.15 bits per heavy atom. The molecule has 0 amide bonds. The zero-order valence-electron chi connectivity index (χ0n) is 15.1. The molecule has 148 valence electrons. The molecular weight excluding hydrogens is 360 g/mol. The molecule has 2 aliphatic rings. The average Bonchev–Trinajstić information content (AvgIpc) is 2.66. The lowest BCUT2D eigenvalue weighted by Crippen LogP contribution is -2.47. The lowest BCUT2D eigenvalue weighted by Gasteiger charge is -2.38. The van der Waals surface area contributed by atoms with Gasteiger partial charge < -0.3 is 23.7 Å². The maximum absolute atomic E-state index is 11.2. The van der Waals surface area contributed by atoms with Crippen LogP contribution in [0.2, 0.25) is 0 Å². The van der Waals surface area contributed by atoms with Gasteiger partial charge in [0.2, 0.25) is 0 Å². The minimum absolute atomic E-state index is 0.0201. The van der Waals surface area contributed by atoms with E-state index in [9.17, 15) is 4.79 Å². The number of hydrogen-bond donors (Lipinski definition) is 0. The van der Waals surface area contributed by atoms with Crippen molar-refractivity contribution in [1.29, 1.82) is 0 Å². The van der Waals surface area contributed by atoms with E-state index >= 15 is 0 Å². The lowest BCUT2D eigenvalue weighted by molar-refractivity contribution is -0.257. The number of carbonyl (C=O) groups excluding carboxylic acids is 1. The van der Waals surface area contributed by atoms with Crippen LogP contribution in [0.15, 0.2) is 22.4 Å². The van der Waals surface area contributed by atoms with Gasteiger partial charge in [0.1, 0.15) is 12.2 Å². The number of hydrogen-bond acceptors (Lipinski definition) is 8. The molecule has 12 heteroatoms. The fourth-order valence-corrected chi connectivity index (χ4v) is 2.88. The third-order valence-corrected chi connectivity index (χ3v) is 4.08. The molecule has 1 saturated heterocycles. The number of carbonyl (C=O) groups is 1. The van der Waals surface area contributed by atoms with E-state index in [0.29, 0.717) is 12.8 Å². The van der Waals surface area contributed by atoms with Crippen molar-refractivity contribution < 1.29 is 28.5 Å². The van der Waals surface area contributed by atoms with E-state index in [1.165, 1.54) is 6.92 Å². The number of esters is 1. The summed E-state index contributed by atoms with van der Waals surface area (Å²) >= 11 is 0. The van der Waals surface area contributed by atoms with E-state index in [4.69, 9.17) is 34.7 Å². The summed E-state index contributed by atoms with van der Waals surface area (Å²) in [5, 5.41) is 7.05. The van der Waals surface area contributed by atoms with Crippen LogP contribution in [-0.4, -0.2) is 63.2 Å². The highest BCUT2D eigenvalue weighted by molar-refractivity contribution is 5.66. The van der Waals surface area contributed by atoms with Gasteiger partial charge >= 0.3 is 5.97 Å². The third kappa shape index (κ3) is 6.40. The molecule has 12 nitrogen and oxygen atoms in total. The molecule has 0 N–H and O–H groups in total. The molecule has 0 aliphatic carbocycles. The van der Waals surface area contributed by atoms with Crippen LogP contribution in [0.3, 0.4) is 0 Å². The van der Waals surface area contributed by atoms with Gasteiger partial charge in [-0.05, 0) is 29.6 Å². The van der Waals surface area contributed by atoms with Crippen molar-refractivity contribution >= 4 is 5.97 Å². The van der Waals surface area contributed by atoms with Gasteiger partial charge in [0, 0.05) is 30.3 Å². The van der Waals surface area contributed by atoms with Crippen molar-refractivity contribution in [2.45, 2.75) is 56.8 Å². The normalized spacial score (nSPS) is 32.8. The predicted octanol–water partition coefficient (Wildman–Crippen LogP) is 2.36. The van der Waals surface area contributed by atoms with Gasteiger partial charge in [0.15, 0.2) is 12.6 Å². The molecule has 0 saturated carbocycles. The number of methoxy groups -OCH3 is 1. The molecule has 27 heavy (non-hydrogen) atoms. The maximum Gasteiger partial charge on any atom is 0.303 e. The summed E-state index contributed by atoms with van der Waals surface area (Å²) < 4.78 is 27.8. The Balaban J connectivity index is 2.04. The molecular formula is C15H22N6O6. The van der Waals surface area contributed by atoms with Crippen molar-refractivity contribution in [3.05, 3.63) is 33.0 Å². The van der Waals surface area contributed by atoms with Gasteiger partial charge in [-0.3, -0.25) is 4.79 Å². The van der Waals surface area contributed by atoms with Gasteiger partial charge in [-0.1, -0.05) is 10.2 Å². The highest BCUT2D eigenvalue weighted by Crippen LogP contribution is 2.27. The molecule has 0 radical (unpaired) electrons. The highest BCUT2D eigenvalue weighted by atomic mass is 16.7. The molecule has 2 rings (SSSR count). The van der Waals surface area contributed by atoms with Crippen molar-refractivity contribution in [2.75, 3.05) is 20.2 Å². The van der Waals surface area contributed by atoms with Crippen LogP contribution in [0, 0.1) is 0 Å². The molecule has 0 aromatic rings. The Bertz CT molecular complexity index is 632. The summed E-state index contributed by atoms with van der Waals surface area (Å²) in [6.45, 7) is 1.36. The Morgan fingerprint density at radius 2 is 1.85 bits per heavy atom. The maximum atomic E-state index is 11.2. The number of rotatable bonds is 8. The summed E-state index contributed by atoms with van der Waals surface area (Å²) in [5.41, 5.74) is 17.1. The summed E-state index contributed by atoms with van der Waals surface area (Å²) in [6, 6.07) is 0. The van der Waals surface area contributed by atoms with Crippen molar-refractivity contribution in [2.24, 2.45) is 10.2 Å². The molecule has 0 aromatic heterocycles. The predicted molar refractivity (Wildman–Crippen MR) is 91.2 cm³/mol. The van der Waals surface area contributed by atoms with Crippen molar-refractivity contribution in [3.63, 3.8) is 0 Å². The molecule has 1 fully saturated rings. The van der Waals surface area contributed by atoms with E-state index in [-0.39, 0.29) is 19.2 Å². The third-order valence-electron chi connectivity index (χ3n) is 4.08. The highest BCUT2D eigenvalue weighted by Gasteiger charge is 2.36. The zero-order chi connectivity index (χ0) is 19.6. The molecule has 0 unspecified atom stereocenters. The second-order valence-corrected chi connectivity index (χ2v) is 5.92. The second-order valence-electron chi connectivity index (χ2n) is 5.92. The van der Waals surface area contributed by atoms with Gasteiger partial charge in [-0.15, -0.1) is 0 Å². The summed E-state index contributed by atoms with van der Waals surface area (Å²) in [5.74, 6) is -0.473. The summed E-state index contributed by atoms with van der Waals surface area (Å²) in [7, 11) is 1.54. The van der Waals surface area contributed by atoms with Gasteiger partial charge in [-0.2, -0.15) is 0 Å². The Labute approximate surface area is 155 Å². The fourth-order valence-electron chi connectivity index (χ4n) is 2.88. The first-order chi connectivity index (χ1) is 13.1. The monoisotopic (exact) mass is 382 g/mol. The van der Waals surface area contributed by atoms with Crippen LogP contribution < -0.4 is 0 Å². The van der Waals surface area contributed by atoms with Gasteiger partial charge in [-0.25, -0.2) is 0 Å². The van der Waals surface area contributed by atoms with E-state index in [2.05, 4.69) is 20.1 Å². The summed E-state index contributed by atoms with van der Waals surface area (Å²) in [4.78, 5) is 16.7. The van der Waals surface area contributed by atoms with Crippen LogP contribution >= 0.6 is 0 Å². The van der Waals surface area contributed by atoms with E-state index in [1.54, 1.807) is 19.3 Å². The Hall–Kier alpha value is -2.33. The van der Waals surface area contributed by atoms with Crippen LogP contribution in [0.4, 0.5) is 0 Å². The molecule has 2 heterocycles. The van der Waals surface area contributed by atoms with E-state index in [1.807, 2.05) is 0 Å². The molecule has 2 aliphatic heterocycles. The van der Waals surface area contributed by atoms with Crippen LogP contribution in [-0.2, 0) is 28.5 Å². The Morgan fingerprint density at radius 3 is 2.48 bits per heavy atom. The topological polar surface area (TPSA) is 161 Å². The van der Waals surface area contributed by atoms with Gasteiger partial charge in [0.25, 0.3) is 0 Å². The number of nitrogens with zero attached hydrogens (tertiary/aromatic N) is 6. The largest absolute Gasteiger partial charge is 0.456 e. The first-order valence-corrected chi connectivity index (χ1v) is 8.43. The molecule has 0 bridgehead atoms. The first-order valence-electron chi connectivity index (χ1n) is 8.43. The second kappa shape index (κ2) is 10.7. The van der Waals surface area contributed by atoms with Crippen LogP contribution in [0.25, 0.3) is 20.9 Å². The van der Waals surface area contributed by atoms with Crippen LogP contribution in [0.1, 0.15) is 19.8 Å². The smallest absolute Gasteiger partial charge is 0.303 e. The molecule has 6 atom stereocenters. The SMILES string of the molecule is CO[C@@H]1CC[C@H](O[C@@H]2C=C[C@H](OC(C)=O)[C@@H](CN=[N+]=[N-])O2)[C@@H](CN=[N+]=[N-])O1. The standard InChI is InChI=1S/C15H22N6O6/c1-9(22)24-10-4-6-15(27-12(10)7-18-20-16)25-11-3-5-14(23-2)26-13(11)8-19-21-17/h4,6,10-15H,3,5,7-8H2,1-2H3/t10-,11-,12+,13+,14-,15-/m0/s1. The van der Waals surface area contributed by atoms with Gasteiger partial charge in [0.05, 0.1) is 25.3 Å². The fraction of sp³-hybridized carbons (Fsp3) is 0.800. The molecule has 0 aromatic carbocycles. The van der Waals surface area contributed by atoms with Crippen LogP contribution in [0.5, 0.6) is 0 Å². The summed E-state index contributed by atoms with van der Waals surface area (Å²) in [6.07, 6.45) is 1.12. The Kier molecular flexibility index (Phi) is 8.34. The average molecular weight is 382 g/mol. The lowest BCUT2D eigenvalue weighted by atomic mass is 10.0. The van der Waals surface area contributed by atoms with Crippen molar-refractivity contribution in [3.8, 4) is 0 Å². The van der Waals surface area contributed by atoms with Crippen molar-refractivity contribution in [1.82, 2.24) is 0 Å². The van der Waals surface area contributed by atoms with E-state index in [0.717, 1.165) is 0 Å². The first kappa shape index (κ1) is 21.0. The minimum atomic E-state index is -0.753. The number of ether oxygens (including phenoxy) is 5. The number of azide groups is 2. The quantitative estimate of drug-likeness (QED) is 0.206. The zero-order valence-corrected chi connectivity index (χ0v) is 15.1. The molecule has 0 spiro atoms. The van der Waals surface area contributed by atoms with E-state index < -0.39 is 36.9 Å². The minimum Gasteiger partial charge on any atom is -0.456 e.